The Morgan fingerprint density at radius 2 is 1.78 bits per heavy atom. The van der Waals surface area contributed by atoms with Crippen LogP contribution in [-0.2, 0) is 11.2 Å². The van der Waals surface area contributed by atoms with E-state index in [1.165, 1.54) is 0 Å². The minimum absolute atomic E-state index is 0.0665. The summed E-state index contributed by atoms with van der Waals surface area (Å²) in [4.78, 5) is 12.4. The zero-order valence-corrected chi connectivity index (χ0v) is 17.6. The van der Waals surface area contributed by atoms with Crippen molar-refractivity contribution in [2.24, 2.45) is 0 Å². The quantitative estimate of drug-likeness (QED) is 0.519. The summed E-state index contributed by atoms with van der Waals surface area (Å²) in [6, 6.07) is 11.2. The first-order chi connectivity index (χ1) is 13.1. The number of carbonyl (C=O) groups excluding carboxylic acids is 1. The number of para-hydroxylation sites is 2. The van der Waals surface area contributed by atoms with Gasteiger partial charge in [0.05, 0.1) is 26.5 Å². The molecule has 0 heterocycles. The van der Waals surface area contributed by atoms with E-state index in [4.69, 9.17) is 14.2 Å². The summed E-state index contributed by atoms with van der Waals surface area (Å²) >= 11 is 3.53. The van der Waals surface area contributed by atoms with Gasteiger partial charge in [0, 0.05) is 10.9 Å². The van der Waals surface area contributed by atoms with Crippen LogP contribution in [0.15, 0.2) is 40.9 Å². The lowest BCUT2D eigenvalue weighted by molar-refractivity contribution is -0.116. The molecule has 0 aliphatic rings. The zero-order valence-electron chi connectivity index (χ0n) is 16.0. The summed E-state index contributed by atoms with van der Waals surface area (Å²) in [6.45, 7) is 2.76. The van der Waals surface area contributed by atoms with Crippen LogP contribution in [0.25, 0.3) is 0 Å². The van der Waals surface area contributed by atoms with Gasteiger partial charge >= 0.3 is 0 Å². The first kappa shape index (κ1) is 21.1. The second-order valence-electron chi connectivity index (χ2n) is 6.04. The summed E-state index contributed by atoms with van der Waals surface area (Å²) < 4.78 is 17.3. The number of amides is 1. The third-order valence-electron chi connectivity index (χ3n) is 4.09. The summed E-state index contributed by atoms with van der Waals surface area (Å²) in [7, 11) is 3.19. The van der Waals surface area contributed by atoms with Gasteiger partial charge in [0.2, 0.25) is 5.91 Å². The number of hydrogen-bond acceptors (Lipinski definition) is 4. The average Bonchev–Trinajstić information content (AvgIpc) is 2.68. The number of halogens is 1. The number of unbranched alkanes of at least 4 members (excludes halogenated alkanes) is 1. The molecule has 1 amide bonds. The second kappa shape index (κ2) is 10.8. The van der Waals surface area contributed by atoms with Crippen molar-refractivity contribution in [2.75, 3.05) is 26.1 Å². The molecule has 2 rings (SSSR count). The fraction of sp³-hybridized carbons (Fsp3) is 0.381. The van der Waals surface area contributed by atoms with E-state index in [2.05, 4.69) is 28.2 Å². The molecule has 27 heavy (non-hydrogen) atoms. The molecule has 0 aliphatic carbocycles. The maximum Gasteiger partial charge on any atom is 0.224 e. The van der Waals surface area contributed by atoms with Crippen LogP contribution < -0.4 is 19.5 Å². The lowest BCUT2D eigenvalue weighted by Crippen LogP contribution is -2.13. The van der Waals surface area contributed by atoms with Crippen LogP contribution in [0.4, 0.5) is 5.69 Å². The van der Waals surface area contributed by atoms with Gasteiger partial charge in [-0.05, 0) is 42.7 Å². The Morgan fingerprint density at radius 1 is 1.07 bits per heavy atom. The van der Waals surface area contributed by atoms with E-state index < -0.39 is 0 Å². The van der Waals surface area contributed by atoms with E-state index in [9.17, 15) is 4.79 Å². The van der Waals surface area contributed by atoms with Crippen LogP contribution >= 0.6 is 15.9 Å². The van der Waals surface area contributed by atoms with Crippen molar-refractivity contribution in [2.45, 2.75) is 32.6 Å². The molecule has 0 radical (unpaired) electrons. The van der Waals surface area contributed by atoms with E-state index in [1.807, 2.05) is 36.4 Å². The fourth-order valence-corrected chi connectivity index (χ4v) is 3.09. The van der Waals surface area contributed by atoms with Gasteiger partial charge in [0.15, 0.2) is 11.5 Å². The highest BCUT2D eigenvalue weighted by atomic mass is 79.9. The van der Waals surface area contributed by atoms with Crippen LogP contribution in [0.2, 0.25) is 0 Å². The third kappa shape index (κ3) is 6.17. The molecule has 0 unspecified atom stereocenters. The van der Waals surface area contributed by atoms with E-state index in [1.54, 1.807) is 14.2 Å². The highest BCUT2D eigenvalue weighted by Gasteiger charge is 2.12. The Balaban J connectivity index is 1.99. The van der Waals surface area contributed by atoms with E-state index >= 15 is 0 Å². The van der Waals surface area contributed by atoms with Crippen molar-refractivity contribution in [3.8, 4) is 17.2 Å². The van der Waals surface area contributed by atoms with Gasteiger partial charge < -0.3 is 19.5 Å². The Morgan fingerprint density at radius 3 is 2.48 bits per heavy atom. The first-order valence-corrected chi connectivity index (χ1v) is 9.80. The van der Waals surface area contributed by atoms with Gasteiger partial charge in [-0.1, -0.05) is 41.4 Å². The monoisotopic (exact) mass is 435 g/mol. The number of ether oxygens (including phenoxy) is 3. The topological polar surface area (TPSA) is 56.8 Å². The van der Waals surface area contributed by atoms with Crippen LogP contribution in [0.1, 0.15) is 31.7 Å². The summed E-state index contributed by atoms with van der Waals surface area (Å²) in [5, 5.41) is 2.94. The van der Waals surface area contributed by atoms with Crippen LogP contribution in [0.3, 0.4) is 0 Å². The number of rotatable bonds is 10. The van der Waals surface area contributed by atoms with Gasteiger partial charge in [-0.2, -0.15) is 0 Å². The minimum Gasteiger partial charge on any atom is -0.493 e. The van der Waals surface area contributed by atoms with Gasteiger partial charge in [-0.25, -0.2) is 0 Å². The molecule has 0 fully saturated rings. The number of aryl methyl sites for hydroxylation is 1. The molecule has 146 valence electrons. The number of benzene rings is 2. The lowest BCUT2D eigenvalue weighted by atomic mass is 10.1. The van der Waals surface area contributed by atoms with Crippen molar-refractivity contribution in [1.29, 1.82) is 0 Å². The fourth-order valence-electron chi connectivity index (χ4n) is 2.57. The second-order valence-corrected chi connectivity index (χ2v) is 6.90. The van der Waals surface area contributed by atoms with Crippen molar-refractivity contribution in [3.05, 3.63) is 46.4 Å². The highest BCUT2D eigenvalue weighted by molar-refractivity contribution is 9.10. The standard InChI is InChI=1S/C21H26BrNO4/c1-4-5-12-27-18-9-7-6-8-17(18)23-21(24)11-10-15-13-19(25-2)20(26-3)14-16(15)22/h6-9,13-14H,4-5,10-12H2,1-3H3,(H,23,24). The van der Waals surface area contributed by atoms with Crippen LogP contribution in [-0.4, -0.2) is 26.7 Å². The highest BCUT2D eigenvalue weighted by Crippen LogP contribution is 2.34. The summed E-state index contributed by atoms with van der Waals surface area (Å²) in [5.74, 6) is 1.93. The maximum atomic E-state index is 12.4. The Kier molecular flexibility index (Phi) is 8.45. The van der Waals surface area contributed by atoms with Gasteiger partial charge in [0.25, 0.3) is 0 Å². The molecule has 0 atom stereocenters. The predicted octanol–water partition coefficient (Wildman–Crippen LogP) is 5.22. The van der Waals surface area contributed by atoms with E-state index in [-0.39, 0.29) is 5.91 Å². The molecule has 0 saturated carbocycles. The molecule has 2 aromatic carbocycles. The molecule has 1 N–H and O–H groups in total. The SMILES string of the molecule is CCCCOc1ccccc1NC(=O)CCc1cc(OC)c(OC)cc1Br. The van der Waals surface area contributed by atoms with Gasteiger partial charge in [-0.15, -0.1) is 0 Å². The lowest BCUT2D eigenvalue weighted by Gasteiger charge is -2.13. The van der Waals surface area contributed by atoms with Crippen molar-refractivity contribution >= 4 is 27.5 Å². The molecule has 5 nitrogen and oxygen atoms in total. The molecule has 0 spiro atoms. The number of carbonyl (C=O) groups is 1. The molecule has 6 heteroatoms. The summed E-state index contributed by atoms with van der Waals surface area (Å²) in [6.07, 6.45) is 2.97. The molecular formula is C21H26BrNO4. The normalized spacial score (nSPS) is 10.4. The van der Waals surface area contributed by atoms with Gasteiger partial charge in [-0.3, -0.25) is 4.79 Å². The number of methoxy groups -OCH3 is 2. The molecule has 0 bridgehead atoms. The largest absolute Gasteiger partial charge is 0.493 e. The van der Waals surface area contributed by atoms with E-state index in [0.29, 0.717) is 42.4 Å². The number of anilines is 1. The first-order valence-electron chi connectivity index (χ1n) is 9.01. The molecule has 0 aromatic heterocycles. The van der Waals surface area contributed by atoms with Crippen molar-refractivity contribution in [3.63, 3.8) is 0 Å². The van der Waals surface area contributed by atoms with Crippen molar-refractivity contribution < 1.29 is 19.0 Å². The number of nitrogens with one attached hydrogen (secondary N) is 1. The third-order valence-corrected chi connectivity index (χ3v) is 4.83. The summed E-state index contributed by atoms with van der Waals surface area (Å²) in [5.41, 5.74) is 1.68. The minimum atomic E-state index is -0.0665. The van der Waals surface area contributed by atoms with E-state index in [0.717, 1.165) is 22.9 Å². The van der Waals surface area contributed by atoms with Gasteiger partial charge in [0.1, 0.15) is 5.75 Å². The number of hydrogen-bond donors (Lipinski definition) is 1. The van der Waals surface area contributed by atoms with Crippen LogP contribution in [0, 0.1) is 0 Å². The Hall–Kier alpha value is -2.21. The van der Waals surface area contributed by atoms with Crippen LogP contribution in [0.5, 0.6) is 17.2 Å². The average molecular weight is 436 g/mol. The maximum absolute atomic E-state index is 12.4. The molecular weight excluding hydrogens is 410 g/mol. The predicted molar refractivity (Wildman–Crippen MR) is 111 cm³/mol. The smallest absolute Gasteiger partial charge is 0.224 e. The zero-order chi connectivity index (χ0) is 19.6. The van der Waals surface area contributed by atoms with Crippen molar-refractivity contribution in [1.82, 2.24) is 0 Å². The molecule has 0 saturated heterocycles. The Bertz CT molecular complexity index is 764. The Labute approximate surface area is 169 Å². The molecule has 0 aliphatic heterocycles. The molecule has 2 aromatic rings.